The first-order valence-corrected chi connectivity index (χ1v) is 9.23. The van der Waals surface area contributed by atoms with Crippen molar-refractivity contribution in [3.8, 4) is 23.0 Å². The average Bonchev–Trinajstić information content (AvgIpc) is 3.18. The van der Waals surface area contributed by atoms with Crippen LogP contribution in [0.5, 0.6) is 23.0 Å². The summed E-state index contributed by atoms with van der Waals surface area (Å²) >= 11 is 0. The van der Waals surface area contributed by atoms with Crippen LogP contribution in [0.3, 0.4) is 0 Å². The minimum Gasteiger partial charge on any atom is -0.497 e. The van der Waals surface area contributed by atoms with E-state index in [2.05, 4.69) is 10.3 Å². The van der Waals surface area contributed by atoms with Crippen LogP contribution in [0, 0.1) is 0 Å². The van der Waals surface area contributed by atoms with Gasteiger partial charge in [-0.05, 0) is 35.4 Å². The first-order valence-electron chi connectivity index (χ1n) is 9.23. The van der Waals surface area contributed by atoms with Gasteiger partial charge < -0.3 is 23.5 Å². The molecule has 0 saturated heterocycles. The Kier molecular flexibility index (Phi) is 6.61. The summed E-state index contributed by atoms with van der Waals surface area (Å²) in [5, 5.41) is 3.60. The molecule has 3 aromatic rings. The smallest absolute Gasteiger partial charge is 0.130 e. The Morgan fingerprint density at radius 2 is 1.34 bits per heavy atom. The lowest BCUT2D eigenvalue weighted by Crippen LogP contribution is -2.25. The number of nitrogens with one attached hydrogen (secondary N) is 1. The van der Waals surface area contributed by atoms with Crippen molar-refractivity contribution in [2.75, 3.05) is 28.4 Å². The summed E-state index contributed by atoms with van der Waals surface area (Å²) in [4.78, 5) is 4.55. The number of hydrogen-bond acceptors (Lipinski definition) is 6. The maximum atomic E-state index is 5.45. The normalized spacial score (nSPS) is 11.8. The number of rotatable bonds is 9. The first kappa shape index (κ1) is 20.5. The standard InChI is InChI=1S/C22H27N3O4/c1-25-7-6-23-22(25)21(16-10-19(28-4)13-20(11-16)29-5)24-14-15-8-17(26-2)12-18(9-15)27-3/h6-13,21,24H,14H2,1-5H3. The highest BCUT2D eigenvalue weighted by Gasteiger charge is 2.20. The minimum atomic E-state index is -0.170. The molecule has 1 unspecified atom stereocenters. The monoisotopic (exact) mass is 397 g/mol. The van der Waals surface area contributed by atoms with Crippen LogP contribution >= 0.6 is 0 Å². The molecular weight excluding hydrogens is 370 g/mol. The van der Waals surface area contributed by atoms with Gasteiger partial charge in [0.05, 0.1) is 34.5 Å². The third-order valence-corrected chi connectivity index (χ3v) is 4.75. The second-order valence-corrected chi connectivity index (χ2v) is 6.58. The van der Waals surface area contributed by atoms with E-state index >= 15 is 0 Å². The number of ether oxygens (including phenoxy) is 4. The fourth-order valence-electron chi connectivity index (χ4n) is 3.20. The molecule has 0 fully saturated rings. The topological polar surface area (TPSA) is 66.8 Å². The van der Waals surface area contributed by atoms with Gasteiger partial charge in [0.2, 0.25) is 0 Å². The average molecular weight is 397 g/mol. The molecule has 0 aliphatic carbocycles. The fourth-order valence-corrected chi connectivity index (χ4v) is 3.20. The summed E-state index contributed by atoms with van der Waals surface area (Å²) in [6, 6.07) is 11.5. The van der Waals surface area contributed by atoms with Crippen molar-refractivity contribution < 1.29 is 18.9 Å². The van der Waals surface area contributed by atoms with Gasteiger partial charge >= 0.3 is 0 Å². The van der Waals surface area contributed by atoms with Crippen molar-refractivity contribution >= 4 is 0 Å². The van der Waals surface area contributed by atoms with E-state index in [0.29, 0.717) is 6.54 Å². The summed E-state index contributed by atoms with van der Waals surface area (Å²) in [7, 11) is 8.55. The van der Waals surface area contributed by atoms with Crippen LogP contribution in [0.15, 0.2) is 48.8 Å². The molecule has 29 heavy (non-hydrogen) atoms. The van der Waals surface area contributed by atoms with Crippen molar-refractivity contribution in [2.24, 2.45) is 7.05 Å². The van der Waals surface area contributed by atoms with Crippen LogP contribution in [0.1, 0.15) is 23.0 Å². The highest BCUT2D eigenvalue weighted by Crippen LogP contribution is 2.30. The Labute approximate surface area is 171 Å². The van der Waals surface area contributed by atoms with E-state index in [-0.39, 0.29) is 6.04 Å². The SMILES string of the molecule is COc1cc(CNC(c2cc(OC)cc(OC)c2)c2nccn2C)cc(OC)c1. The molecule has 1 N–H and O–H groups in total. The van der Waals surface area contributed by atoms with Gasteiger partial charge in [0, 0.05) is 38.1 Å². The summed E-state index contributed by atoms with van der Waals surface area (Å²) in [6.45, 7) is 0.588. The zero-order valence-electron chi connectivity index (χ0n) is 17.4. The Balaban J connectivity index is 1.95. The van der Waals surface area contributed by atoms with Gasteiger partial charge in [-0.15, -0.1) is 0 Å². The molecule has 0 bridgehead atoms. The number of methoxy groups -OCH3 is 4. The third-order valence-electron chi connectivity index (χ3n) is 4.75. The highest BCUT2D eigenvalue weighted by atomic mass is 16.5. The van der Waals surface area contributed by atoms with Crippen LogP contribution in [0.25, 0.3) is 0 Å². The molecule has 1 atom stereocenters. The predicted octanol–water partition coefficient (Wildman–Crippen LogP) is 3.33. The van der Waals surface area contributed by atoms with Crippen molar-refractivity contribution in [3.05, 3.63) is 65.7 Å². The van der Waals surface area contributed by atoms with Gasteiger partial charge in [0.15, 0.2) is 0 Å². The molecule has 0 saturated carbocycles. The Morgan fingerprint density at radius 3 is 1.79 bits per heavy atom. The maximum absolute atomic E-state index is 5.45. The first-order chi connectivity index (χ1) is 14.1. The molecule has 154 valence electrons. The molecule has 1 aromatic heterocycles. The van der Waals surface area contributed by atoms with Crippen molar-refractivity contribution in [2.45, 2.75) is 12.6 Å². The molecule has 7 nitrogen and oxygen atoms in total. The van der Waals surface area contributed by atoms with Crippen molar-refractivity contribution in [1.82, 2.24) is 14.9 Å². The number of benzene rings is 2. The number of aryl methyl sites for hydroxylation is 1. The zero-order chi connectivity index (χ0) is 20.8. The summed E-state index contributed by atoms with van der Waals surface area (Å²) in [5.41, 5.74) is 2.03. The van der Waals surface area contributed by atoms with Gasteiger partial charge in [-0.1, -0.05) is 0 Å². The number of nitrogens with zero attached hydrogens (tertiary/aromatic N) is 2. The predicted molar refractivity (Wildman–Crippen MR) is 111 cm³/mol. The Morgan fingerprint density at radius 1 is 0.828 bits per heavy atom. The summed E-state index contributed by atoms with van der Waals surface area (Å²) < 4.78 is 23.7. The quantitative estimate of drug-likeness (QED) is 0.597. The maximum Gasteiger partial charge on any atom is 0.130 e. The van der Waals surface area contributed by atoms with Gasteiger partial charge in [-0.2, -0.15) is 0 Å². The summed E-state index contributed by atoms with van der Waals surface area (Å²) in [5.74, 6) is 3.83. The van der Waals surface area contributed by atoms with Crippen LogP contribution in [-0.2, 0) is 13.6 Å². The number of hydrogen-bond donors (Lipinski definition) is 1. The third kappa shape index (κ3) is 4.81. The van der Waals surface area contributed by atoms with E-state index in [4.69, 9.17) is 18.9 Å². The Hall–Kier alpha value is -3.19. The number of aromatic nitrogens is 2. The van der Waals surface area contributed by atoms with Crippen molar-refractivity contribution in [1.29, 1.82) is 0 Å². The van der Waals surface area contributed by atoms with E-state index in [0.717, 1.165) is 39.9 Å². The molecule has 7 heteroatoms. The molecule has 3 rings (SSSR count). The van der Waals surface area contributed by atoms with Gasteiger partial charge in [-0.25, -0.2) is 4.98 Å². The fraction of sp³-hybridized carbons (Fsp3) is 0.318. The van der Waals surface area contributed by atoms with E-state index < -0.39 is 0 Å². The Bertz CT molecular complexity index is 910. The lowest BCUT2D eigenvalue weighted by atomic mass is 10.0. The van der Waals surface area contributed by atoms with Crippen molar-refractivity contribution in [3.63, 3.8) is 0 Å². The van der Waals surface area contributed by atoms with Crippen LogP contribution in [-0.4, -0.2) is 38.0 Å². The van der Waals surface area contributed by atoms with Crippen LogP contribution in [0.4, 0.5) is 0 Å². The van der Waals surface area contributed by atoms with Gasteiger partial charge in [0.25, 0.3) is 0 Å². The largest absolute Gasteiger partial charge is 0.497 e. The van der Waals surface area contributed by atoms with Crippen LogP contribution < -0.4 is 24.3 Å². The van der Waals surface area contributed by atoms with E-state index in [1.54, 1.807) is 34.6 Å². The lowest BCUT2D eigenvalue weighted by molar-refractivity contribution is 0.391. The lowest BCUT2D eigenvalue weighted by Gasteiger charge is -2.21. The molecule has 0 aliphatic rings. The van der Waals surface area contributed by atoms with E-state index in [1.807, 2.05) is 54.2 Å². The van der Waals surface area contributed by atoms with E-state index in [1.165, 1.54) is 0 Å². The molecule has 0 amide bonds. The van der Waals surface area contributed by atoms with Gasteiger partial charge in [-0.3, -0.25) is 5.32 Å². The second kappa shape index (κ2) is 9.34. The molecule has 1 heterocycles. The molecule has 0 aliphatic heterocycles. The molecule has 2 aromatic carbocycles. The van der Waals surface area contributed by atoms with Gasteiger partial charge in [0.1, 0.15) is 28.8 Å². The highest BCUT2D eigenvalue weighted by molar-refractivity contribution is 5.42. The zero-order valence-corrected chi connectivity index (χ0v) is 17.4. The van der Waals surface area contributed by atoms with Crippen LogP contribution in [0.2, 0.25) is 0 Å². The van der Waals surface area contributed by atoms with E-state index in [9.17, 15) is 0 Å². The molecule has 0 spiro atoms. The second-order valence-electron chi connectivity index (χ2n) is 6.58. The summed E-state index contributed by atoms with van der Waals surface area (Å²) in [6.07, 6.45) is 3.71. The number of imidazole rings is 1. The molecule has 0 radical (unpaired) electrons. The molecular formula is C22H27N3O4. The minimum absolute atomic E-state index is 0.170.